The van der Waals surface area contributed by atoms with Gasteiger partial charge in [0, 0.05) is 24.7 Å². The fourth-order valence-electron chi connectivity index (χ4n) is 0.967. The Labute approximate surface area is 65.8 Å². The second kappa shape index (κ2) is 2.85. The molecular formula is C9H11FN+. The summed E-state index contributed by atoms with van der Waals surface area (Å²) < 4.78 is 13.0. The molecule has 0 bridgehead atoms. The van der Waals surface area contributed by atoms with Gasteiger partial charge in [-0.2, -0.15) is 0 Å². The zero-order chi connectivity index (χ0) is 8.43. The van der Waals surface area contributed by atoms with Gasteiger partial charge in [-0.05, 0) is 24.3 Å². The predicted molar refractivity (Wildman–Crippen MR) is 43.1 cm³/mol. The average Bonchev–Trinajstić information content (AvgIpc) is 2.05. The van der Waals surface area contributed by atoms with Crippen LogP contribution in [0.1, 0.15) is 20.8 Å². The molecule has 0 unspecified atom stereocenters. The first-order chi connectivity index (χ1) is 5.11. The summed E-state index contributed by atoms with van der Waals surface area (Å²) in [7, 11) is 0. The van der Waals surface area contributed by atoms with Crippen LogP contribution in [0.2, 0.25) is 0 Å². The molecule has 0 saturated carbocycles. The number of hydrogen-bond donors (Lipinski definition) is 0. The zero-order valence-corrected chi connectivity index (χ0v) is 6.98. The Morgan fingerprint density at radius 1 is 1.36 bits per heavy atom. The smallest absolute Gasteiger partial charge is 0.0445 e. The van der Waals surface area contributed by atoms with Crippen LogP contribution in [0.5, 0.6) is 0 Å². The molecule has 1 aliphatic heterocycles. The molecule has 0 aromatic carbocycles. The zero-order valence-electron chi connectivity index (χ0n) is 6.98. The number of allylic oxidation sites excluding steroid dienone is 3. The summed E-state index contributed by atoms with van der Waals surface area (Å²) >= 11 is 0. The van der Waals surface area contributed by atoms with Crippen molar-refractivity contribution in [2.45, 2.75) is 20.8 Å². The Bertz CT molecular complexity index is 302. The highest BCUT2D eigenvalue weighted by Crippen LogP contribution is 2.05. The van der Waals surface area contributed by atoms with E-state index in [4.69, 9.17) is 0 Å². The van der Waals surface area contributed by atoms with Gasteiger partial charge in [-0.3, -0.25) is 0 Å². The van der Waals surface area contributed by atoms with E-state index in [0.717, 1.165) is 5.57 Å². The molecule has 58 valence electrons. The monoisotopic (exact) mass is 152 g/mol. The fraction of sp³-hybridized carbons (Fsp3) is 0.333. The number of halogens is 1. The van der Waals surface area contributed by atoms with Crippen LogP contribution in [-0.4, -0.2) is 10.5 Å². The van der Waals surface area contributed by atoms with Gasteiger partial charge in [0.2, 0.25) is 5.71 Å². The lowest BCUT2D eigenvalue weighted by molar-refractivity contribution is -0.667. The highest BCUT2D eigenvalue weighted by Gasteiger charge is 2.13. The summed E-state index contributed by atoms with van der Waals surface area (Å²) in [4.78, 5) is 0.632. The molecule has 1 nitrogen and oxygen atoms in total. The summed E-state index contributed by atoms with van der Waals surface area (Å²) in [5.74, 6) is 0. The maximum Gasteiger partial charge on any atom is 0.269 e. The van der Waals surface area contributed by atoms with Gasteiger partial charge in [0.1, 0.15) is 0 Å². The Hall–Kier alpha value is -1.14. The Kier molecular flexibility index (Phi) is 2.06. The summed E-state index contributed by atoms with van der Waals surface area (Å²) in [6.45, 7) is 5.34. The number of rotatable bonds is 0. The van der Waals surface area contributed by atoms with E-state index in [-0.39, 0.29) is 0 Å². The van der Waals surface area contributed by atoms with Crippen LogP contribution in [0.25, 0.3) is 0 Å². The molecule has 1 heterocycles. The molecule has 0 aliphatic carbocycles. The van der Waals surface area contributed by atoms with Crippen LogP contribution < -0.4 is 0 Å². The van der Waals surface area contributed by atoms with E-state index in [9.17, 15) is 4.48 Å². The van der Waals surface area contributed by atoms with Crippen molar-refractivity contribution in [2.24, 2.45) is 0 Å². The normalized spacial score (nSPS) is 17.8. The van der Waals surface area contributed by atoms with E-state index in [1.54, 1.807) is 26.0 Å². The second-order valence-electron chi connectivity index (χ2n) is 2.68. The molecule has 0 N–H and O–H groups in total. The Morgan fingerprint density at radius 3 is 2.64 bits per heavy atom. The topological polar surface area (TPSA) is 3.01 Å². The Balaban J connectivity index is 3.26. The van der Waals surface area contributed by atoms with Crippen LogP contribution in [0.15, 0.2) is 29.2 Å². The van der Waals surface area contributed by atoms with E-state index < -0.39 is 0 Å². The molecule has 0 amide bonds. The van der Waals surface area contributed by atoms with Crippen molar-refractivity contribution in [1.82, 2.24) is 0 Å². The Morgan fingerprint density at radius 2 is 2.00 bits per heavy atom. The van der Waals surface area contributed by atoms with Crippen molar-refractivity contribution in [2.75, 3.05) is 0 Å². The maximum atomic E-state index is 13.0. The summed E-state index contributed by atoms with van der Waals surface area (Å²) in [6, 6.07) is 0. The minimum absolute atomic E-state index is 0.496. The van der Waals surface area contributed by atoms with E-state index in [1.807, 2.05) is 6.92 Å². The highest BCUT2D eigenvalue weighted by atomic mass is 19.2. The van der Waals surface area contributed by atoms with Crippen LogP contribution in [-0.2, 0) is 0 Å². The molecule has 2 heteroatoms. The van der Waals surface area contributed by atoms with Crippen LogP contribution in [0.4, 0.5) is 4.48 Å². The summed E-state index contributed by atoms with van der Waals surface area (Å²) in [5.41, 5.74) is 4.94. The molecule has 0 aromatic heterocycles. The molecule has 0 atom stereocenters. The molecule has 0 saturated heterocycles. The lowest BCUT2D eigenvalue weighted by Crippen LogP contribution is -2.04. The molecule has 1 rings (SSSR count). The number of hydrogen-bond acceptors (Lipinski definition) is 0. The molecular weight excluding hydrogens is 141 g/mol. The standard InChI is InChI=1S/C9H11FN/c1-7-4-5-8(2)11(10)9(3)6-7/h4,6H,1-3H3/q+1. The van der Waals surface area contributed by atoms with Crippen molar-refractivity contribution in [3.63, 3.8) is 0 Å². The van der Waals surface area contributed by atoms with Gasteiger partial charge >= 0.3 is 0 Å². The van der Waals surface area contributed by atoms with Gasteiger partial charge in [0.15, 0.2) is 0 Å². The van der Waals surface area contributed by atoms with E-state index in [2.05, 4.69) is 5.73 Å². The molecule has 0 aromatic rings. The first kappa shape index (κ1) is 7.96. The van der Waals surface area contributed by atoms with Crippen LogP contribution in [0.3, 0.4) is 0 Å². The van der Waals surface area contributed by atoms with Gasteiger partial charge in [0.25, 0.3) is 5.70 Å². The molecule has 0 radical (unpaired) electrons. The fourth-order valence-corrected chi connectivity index (χ4v) is 0.967. The summed E-state index contributed by atoms with van der Waals surface area (Å²) in [6.07, 6.45) is 3.56. The molecule has 0 fully saturated rings. The van der Waals surface area contributed by atoms with Crippen LogP contribution in [0, 0.1) is 0 Å². The minimum Gasteiger partial charge on any atom is -0.0445 e. The third kappa shape index (κ3) is 1.66. The van der Waals surface area contributed by atoms with Gasteiger partial charge in [-0.1, -0.05) is 0 Å². The van der Waals surface area contributed by atoms with E-state index >= 15 is 0 Å². The van der Waals surface area contributed by atoms with E-state index in [1.165, 1.54) is 0 Å². The third-order valence-electron chi connectivity index (χ3n) is 1.55. The van der Waals surface area contributed by atoms with Crippen molar-refractivity contribution in [3.05, 3.63) is 29.2 Å². The van der Waals surface area contributed by atoms with Gasteiger partial charge in [0.05, 0.1) is 4.48 Å². The van der Waals surface area contributed by atoms with Gasteiger partial charge in [-0.15, -0.1) is 0 Å². The second-order valence-corrected chi connectivity index (χ2v) is 2.68. The lowest BCUT2D eigenvalue weighted by Gasteiger charge is -1.85. The predicted octanol–water partition coefficient (Wildman–Crippen LogP) is 2.36. The van der Waals surface area contributed by atoms with Gasteiger partial charge < -0.3 is 0 Å². The first-order valence-corrected chi connectivity index (χ1v) is 3.52. The maximum absolute atomic E-state index is 13.0. The highest BCUT2D eigenvalue weighted by molar-refractivity contribution is 5.89. The van der Waals surface area contributed by atoms with Crippen molar-refractivity contribution >= 4 is 5.71 Å². The largest absolute Gasteiger partial charge is 0.269 e. The SMILES string of the molecule is CC1=C=CC(C)=CC(C)=[N+]1F. The quantitative estimate of drug-likeness (QED) is 0.370. The summed E-state index contributed by atoms with van der Waals surface area (Å²) in [5, 5.41) is 0. The van der Waals surface area contributed by atoms with Gasteiger partial charge in [-0.25, -0.2) is 0 Å². The van der Waals surface area contributed by atoms with Crippen molar-refractivity contribution in [3.8, 4) is 0 Å². The molecule has 1 aliphatic rings. The lowest BCUT2D eigenvalue weighted by atomic mass is 10.2. The molecule has 0 spiro atoms. The van der Waals surface area contributed by atoms with Crippen LogP contribution >= 0.6 is 0 Å². The number of nitrogens with zero attached hydrogens (tertiary/aromatic N) is 1. The first-order valence-electron chi connectivity index (χ1n) is 3.52. The molecule has 11 heavy (non-hydrogen) atoms. The van der Waals surface area contributed by atoms with Crippen molar-refractivity contribution in [1.29, 1.82) is 0 Å². The third-order valence-corrected chi connectivity index (χ3v) is 1.55. The minimum atomic E-state index is 0.496. The van der Waals surface area contributed by atoms with Crippen molar-refractivity contribution < 1.29 is 9.28 Å². The average molecular weight is 152 g/mol. The van der Waals surface area contributed by atoms with E-state index in [0.29, 0.717) is 16.2 Å².